The molecule has 3 rings (SSSR count). The number of amides is 1. The minimum Gasteiger partial charge on any atom is -0.322 e. The van der Waals surface area contributed by atoms with Crippen molar-refractivity contribution in [2.24, 2.45) is 5.92 Å². The van der Waals surface area contributed by atoms with Gasteiger partial charge in [-0.3, -0.25) is 9.59 Å². The van der Waals surface area contributed by atoms with E-state index in [2.05, 4.69) is 12.2 Å². The monoisotopic (exact) mass is 400 g/mol. The molecule has 28 heavy (non-hydrogen) atoms. The van der Waals surface area contributed by atoms with Crippen molar-refractivity contribution in [3.63, 3.8) is 0 Å². The summed E-state index contributed by atoms with van der Waals surface area (Å²) in [7, 11) is -3.55. The first-order chi connectivity index (χ1) is 13.3. The summed E-state index contributed by atoms with van der Waals surface area (Å²) in [6.45, 7) is 4.57. The number of anilines is 1. The molecular formula is C21H24N2O4S. The molecule has 1 saturated heterocycles. The second-order valence-electron chi connectivity index (χ2n) is 7.23. The van der Waals surface area contributed by atoms with Crippen molar-refractivity contribution in [3.8, 4) is 0 Å². The lowest BCUT2D eigenvalue weighted by Gasteiger charge is -2.30. The maximum Gasteiger partial charge on any atom is 0.255 e. The number of hydrogen-bond acceptors (Lipinski definition) is 4. The van der Waals surface area contributed by atoms with Gasteiger partial charge in [0.15, 0.2) is 5.78 Å². The summed E-state index contributed by atoms with van der Waals surface area (Å²) in [4.78, 5) is 24.1. The molecule has 6 nitrogen and oxygen atoms in total. The number of carbonyl (C=O) groups excluding carboxylic acids is 2. The molecule has 2 aromatic carbocycles. The van der Waals surface area contributed by atoms with Crippen molar-refractivity contribution in [2.45, 2.75) is 31.6 Å². The predicted octanol–water partition coefficient (Wildman–Crippen LogP) is 3.56. The lowest BCUT2D eigenvalue weighted by Crippen LogP contribution is -2.39. The van der Waals surface area contributed by atoms with E-state index in [0.717, 1.165) is 12.8 Å². The Balaban J connectivity index is 1.74. The van der Waals surface area contributed by atoms with Crippen molar-refractivity contribution in [2.75, 3.05) is 18.4 Å². The molecule has 1 aliphatic heterocycles. The molecule has 0 saturated carbocycles. The first-order valence-corrected chi connectivity index (χ1v) is 10.7. The third-order valence-corrected chi connectivity index (χ3v) is 6.78. The minimum absolute atomic E-state index is 0.0855. The highest BCUT2D eigenvalue weighted by molar-refractivity contribution is 7.89. The normalized spacial score (nSPS) is 17.9. The fourth-order valence-electron chi connectivity index (χ4n) is 3.31. The number of Topliss-reactive ketones (excluding diaryl/α,β-unsaturated/α-hetero) is 1. The lowest BCUT2D eigenvalue weighted by molar-refractivity contribution is 0.101. The molecule has 7 heteroatoms. The molecule has 1 atom stereocenters. The van der Waals surface area contributed by atoms with E-state index < -0.39 is 10.0 Å². The van der Waals surface area contributed by atoms with E-state index >= 15 is 0 Å². The molecule has 2 aromatic rings. The zero-order chi connectivity index (χ0) is 20.3. The highest BCUT2D eigenvalue weighted by atomic mass is 32.2. The van der Waals surface area contributed by atoms with Crippen LogP contribution in [0.5, 0.6) is 0 Å². The van der Waals surface area contributed by atoms with E-state index in [1.54, 1.807) is 24.3 Å². The van der Waals surface area contributed by atoms with Gasteiger partial charge in [0.05, 0.1) is 4.90 Å². The quantitative estimate of drug-likeness (QED) is 0.778. The summed E-state index contributed by atoms with van der Waals surface area (Å²) < 4.78 is 27.1. The van der Waals surface area contributed by atoms with Crippen LogP contribution in [-0.4, -0.2) is 37.5 Å². The summed E-state index contributed by atoms with van der Waals surface area (Å²) in [6, 6.07) is 12.6. The predicted molar refractivity (Wildman–Crippen MR) is 108 cm³/mol. The Morgan fingerprint density at radius 2 is 1.79 bits per heavy atom. The highest BCUT2D eigenvalue weighted by Crippen LogP contribution is 2.24. The molecular weight excluding hydrogens is 376 g/mol. The zero-order valence-electron chi connectivity index (χ0n) is 16.0. The number of carbonyl (C=O) groups is 2. The molecule has 0 unspecified atom stereocenters. The third-order valence-electron chi connectivity index (χ3n) is 4.90. The van der Waals surface area contributed by atoms with Gasteiger partial charge < -0.3 is 5.32 Å². The Bertz CT molecular complexity index is 984. The second-order valence-corrected chi connectivity index (χ2v) is 9.16. The van der Waals surface area contributed by atoms with Crippen molar-refractivity contribution in [1.29, 1.82) is 0 Å². The number of piperidine rings is 1. The van der Waals surface area contributed by atoms with Crippen LogP contribution in [0.4, 0.5) is 5.69 Å². The average molecular weight is 401 g/mol. The van der Waals surface area contributed by atoms with Gasteiger partial charge in [-0.2, -0.15) is 4.31 Å². The number of nitrogens with zero attached hydrogens (tertiary/aromatic N) is 1. The molecule has 0 aliphatic carbocycles. The molecule has 0 radical (unpaired) electrons. The van der Waals surface area contributed by atoms with Crippen molar-refractivity contribution in [1.82, 2.24) is 4.31 Å². The van der Waals surface area contributed by atoms with Gasteiger partial charge in [0.25, 0.3) is 5.91 Å². The molecule has 1 heterocycles. The van der Waals surface area contributed by atoms with Crippen LogP contribution in [0.1, 0.15) is 47.4 Å². The molecule has 1 aliphatic rings. The molecule has 0 aromatic heterocycles. The number of rotatable bonds is 5. The first kappa shape index (κ1) is 20.2. The standard InChI is InChI=1S/C21H24N2O4S/c1-15-5-4-12-23(14-15)28(26,27)20-10-8-17(9-11-20)21(25)22-19-7-3-6-18(13-19)16(2)24/h3,6-11,13,15H,4-5,12,14H2,1-2H3,(H,22,25)/t15-/m0/s1. The largest absolute Gasteiger partial charge is 0.322 e. The summed E-state index contributed by atoms with van der Waals surface area (Å²) in [5.74, 6) is -0.103. The third kappa shape index (κ3) is 4.48. The Labute approximate surface area is 165 Å². The summed E-state index contributed by atoms with van der Waals surface area (Å²) in [6.07, 6.45) is 1.90. The van der Waals surface area contributed by atoms with Crippen LogP contribution in [-0.2, 0) is 10.0 Å². The number of benzene rings is 2. The van der Waals surface area contributed by atoms with Crippen LogP contribution in [0.3, 0.4) is 0 Å². The van der Waals surface area contributed by atoms with E-state index in [9.17, 15) is 18.0 Å². The summed E-state index contributed by atoms with van der Waals surface area (Å²) in [5.41, 5.74) is 1.37. The molecule has 0 spiro atoms. The number of ketones is 1. The molecule has 1 N–H and O–H groups in total. The van der Waals surface area contributed by atoms with Gasteiger partial charge in [0.2, 0.25) is 10.0 Å². The maximum atomic E-state index is 12.8. The van der Waals surface area contributed by atoms with Gasteiger partial charge in [0.1, 0.15) is 0 Å². The van der Waals surface area contributed by atoms with E-state index in [4.69, 9.17) is 0 Å². The van der Waals surface area contributed by atoms with Gasteiger partial charge in [-0.25, -0.2) is 8.42 Å². The molecule has 1 fully saturated rings. The maximum absolute atomic E-state index is 12.8. The van der Waals surface area contributed by atoms with Gasteiger partial charge in [0, 0.05) is 29.9 Å². The van der Waals surface area contributed by atoms with Crippen LogP contribution < -0.4 is 5.32 Å². The van der Waals surface area contributed by atoms with E-state index in [-0.39, 0.29) is 16.6 Å². The SMILES string of the molecule is CC(=O)c1cccc(NC(=O)c2ccc(S(=O)(=O)N3CCC[C@H](C)C3)cc2)c1. The summed E-state index contributed by atoms with van der Waals surface area (Å²) >= 11 is 0. The molecule has 1 amide bonds. The van der Waals surface area contributed by atoms with Crippen LogP contribution in [0.25, 0.3) is 0 Å². The Hall–Kier alpha value is -2.51. The first-order valence-electron chi connectivity index (χ1n) is 9.30. The Morgan fingerprint density at radius 3 is 2.43 bits per heavy atom. The van der Waals surface area contributed by atoms with Crippen molar-refractivity contribution >= 4 is 27.4 Å². The topological polar surface area (TPSA) is 83.5 Å². The van der Waals surface area contributed by atoms with E-state index in [1.165, 1.54) is 35.5 Å². The minimum atomic E-state index is -3.55. The van der Waals surface area contributed by atoms with Crippen molar-refractivity contribution in [3.05, 3.63) is 59.7 Å². The van der Waals surface area contributed by atoms with Crippen molar-refractivity contribution < 1.29 is 18.0 Å². The Morgan fingerprint density at radius 1 is 1.07 bits per heavy atom. The fourth-order valence-corrected chi connectivity index (χ4v) is 4.91. The fraction of sp³-hybridized carbons (Fsp3) is 0.333. The summed E-state index contributed by atoms with van der Waals surface area (Å²) in [5, 5.41) is 2.73. The number of nitrogens with one attached hydrogen (secondary N) is 1. The smallest absolute Gasteiger partial charge is 0.255 e. The van der Waals surface area contributed by atoms with Gasteiger partial charge in [-0.1, -0.05) is 19.1 Å². The highest BCUT2D eigenvalue weighted by Gasteiger charge is 2.28. The van der Waals surface area contributed by atoms with Gasteiger partial charge >= 0.3 is 0 Å². The van der Waals surface area contributed by atoms with Gasteiger partial charge in [-0.05, 0) is 62.1 Å². The zero-order valence-corrected chi connectivity index (χ0v) is 16.8. The van der Waals surface area contributed by atoms with E-state index in [1.807, 2.05) is 0 Å². The van der Waals surface area contributed by atoms with Crippen LogP contribution in [0, 0.1) is 5.92 Å². The molecule has 0 bridgehead atoms. The number of sulfonamides is 1. The average Bonchev–Trinajstić information content (AvgIpc) is 2.68. The van der Waals surface area contributed by atoms with Crippen LogP contribution in [0.2, 0.25) is 0 Å². The Kier molecular flexibility index (Phi) is 5.96. The van der Waals surface area contributed by atoms with Gasteiger partial charge in [-0.15, -0.1) is 0 Å². The van der Waals surface area contributed by atoms with Crippen LogP contribution in [0.15, 0.2) is 53.4 Å². The van der Waals surface area contributed by atoms with Crippen LogP contribution >= 0.6 is 0 Å². The number of hydrogen-bond donors (Lipinski definition) is 1. The molecule has 148 valence electrons. The lowest BCUT2D eigenvalue weighted by atomic mass is 10.0. The second kappa shape index (κ2) is 8.24. The van der Waals surface area contributed by atoms with E-state index in [0.29, 0.717) is 35.8 Å².